The van der Waals surface area contributed by atoms with Crippen LogP contribution in [0.5, 0.6) is 0 Å². The molecule has 0 radical (unpaired) electrons. The van der Waals surface area contributed by atoms with Gasteiger partial charge in [-0.15, -0.1) is 0 Å². The molecule has 6 heteroatoms. The van der Waals surface area contributed by atoms with Crippen molar-refractivity contribution < 1.29 is 23.2 Å². The molecule has 0 unspecified atom stereocenters. The molecule has 132 valence electrons. The number of benzene rings is 2. The van der Waals surface area contributed by atoms with E-state index in [0.717, 1.165) is 18.7 Å². The molecular formula is C19H21F2N2O2+. The molecule has 25 heavy (non-hydrogen) atoms. The molecule has 1 saturated heterocycles. The first-order valence-corrected chi connectivity index (χ1v) is 8.35. The van der Waals surface area contributed by atoms with E-state index in [1.807, 2.05) is 0 Å². The van der Waals surface area contributed by atoms with Crippen molar-refractivity contribution >= 4 is 5.91 Å². The normalized spacial score (nSPS) is 16.4. The van der Waals surface area contributed by atoms with Crippen molar-refractivity contribution in [3.63, 3.8) is 0 Å². The van der Waals surface area contributed by atoms with Crippen molar-refractivity contribution in [3.05, 3.63) is 71.3 Å². The molecule has 0 saturated carbocycles. The lowest BCUT2D eigenvalue weighted by Crippen LogP contribution is -3.15. The van der Waals surface area contributed by atoms with Crippen LogP contribution in [0, 0.1) is 11.6 Å². The Kier molecular flexibility index (Phi) is 5.73. The fraction of sp³-hybridized carbons (Fsp3) is 0.316. The summed E-state index contributed by atoms with van der Waals surface area (Å²) < 4.78 is 32.4. The fourth-order valence-corrected chi connectivity index (χ4v) is 3.11. The molecule has 3 rings (SSSR count). The van der Waals surface area contributed by atoms with E-state index in [0.29, 0.717) is 19.8 Å². The summed E-state index contributed by atoms with van der Waals surface area (Å²) in [6, 6.07) is 12.2. The topological polar surface area (TPSA) is 42.8 Å². The van der Waals surface area contributed by atoms with Gasteiger partial charge in [0, 0.05) is 5.56 Å². The van der Waals surface area contributed by atoms with Crippen LogP contribution in [0.15, 0.2) is 48.5 Å². The van der Waals surface area contributed by atoms with Gasteiger partial charge in [0.1, 0.15) is 30.8 Å². The van der Waals surface area contributed by atoms with Crippen LogP contribution in [-0.2, 0) is 4.74 Å². The second-order valence-corrected chi connectivity index (χ2v) is 6.06. The number of nitrogens with one attached hydrogen (secondary N) is 2. The Hall–Kier alpha value is -2.31. The van der Waals surface area contributed by atoms with E-state index in [9.17, 15) is 13.6 Å². The van der Waals surface area contributed by atoms with Gasteiger partial charge in [0.05, 0.1) is 25.3 Å². The summed E-state index contributed by atoms with van der Waals surface area (Å²) >= 11 is 0. The van der Waals surface area contributed by atoms with Crippen LogP contribution >= 0.6 is 0 Å². The Bertz CT molecular complexity index is 716. The molecule has 2 aromatic rings. The highest BCUT2D eigenvalue weighted by Crippen LogP contribution is 2.12. The monoisotopic (exact) mass is 347 g/mol. The molecule has 2 aromatic carbocycles. The van der Waals surface area contributed by atoms with E-state index in [-0.39, 0.29) is 17.4 Å². The molecule has 1 amide bonds. The Morgan fingerprint density at radius 1 is 1.08 bits per heavy atom. The summed E-state index contributed by atoms with van der Waals surface area (Å²) in [6.07, 6.45) is 0. The number of carbonyl (C=O) groups is 1. The predicted molar refractivity (Wildman–Crippen MR) is 89.4 cm³/mol. The van der Waals surface area contributed by atoms with Gasteiger partial charge >= 0.3 is 0 Å². The quantitative estimate of drug-likeness (QED) is 0.858. The van der Waals surface area contributed by atoms with Gasteiger partial charge in [-0.3, -0.25) is 4.79 Å². The van der Waals surface area contributed by atoms with Gasteiger partial charge in [-0.2, -0.15) is 0 Å². The molecule has 1 aliphatic heterocycles. The van der Waals surface area contributed by atoms with E-state index in [4.69, 9.17) is 4.74 Å². The second kappa shape index (κ2) is 8.18. The van der Waals surface area contributed by atoms with E-state index in [1.54, 1.807) is 24.3 Å². The van der Waals surface area contributed by atoms with Crippen molar-refractivity contribution in [3.8, 4) is 0 Å². The number of quaternary nitrogens is 1. The van der Waals surface area contributed by atoms with Crippen molar-refractivity contribution in [2.75, 3.05) is 32.8 Å². The zero-order chi connectivity index (χ0) is 17.6. The minimum absolute atomic E-state index is 0.0253. The van der Waals surface area contributed by atoms with Crippen LogP contribution in [0.2, 0.25) is 0 Å². The Labute approximate surface area is 145 Å². The highest BCUT2D eigenvalue weighted by Gasteiger charge is 2.27. The van der Waals surface area contributed by atoms with Crippen LogP contribution < -0.4 is 10.2 Å². The maximum Gasteiger partial charge on any atom is 0.254 e. The lowest BCUT2D eigenvalue weighted by molar-refractivity contribution is -0.937. The fourth-order valence-electron chi connectivity index (χ4n) is 3.11. The summed E-state index contributed by atoms with van der Waals surface area (Å²) in [6.45, 7) is 3.24. The number of ether oxygens (including phenoxy) is 1. The standard InChI is InChI=1S/C19H20F2N2O2/c20-15-7-5-14(6-8-15)18(23-9-11-25-12-10-23)13-22-19(24)16-3-1-2-4-17(16)21/h1-8,18H,9-13H2,(H,22,24)/p+1/t18-/m1/s1. The number of amides is 1. The average molecular weight is 347 g/mol. The average Bonchev–Trinajstić information content (AvgIpc) is 2.64. The van der Waals surface area contributed by atoms with Crippen molar-refractivity contribution in [2.45, 2.75) is 6.04 Å². The maximum absolute atomic E-state index is 13.8. The minimum Gasteiger partial charge on any atom is -0.370 e. The second-order valence-electron chi connectivity index (χ2n) is 6.06. The molecule has 0 aromatic heterocycles. The van der Waals surface area contributed by atoms with Crippen molar-refractivity contribution in [2.24, 2.45) is 0 Å². The molecule has 2 N–H and O–H groups in total. The highest BCUT2D eigenvalue weighted by atomic mass is 19.1. The summed E-state index contributed by atoms with van der Waals surface area (Å²) in [5, 5.41) is 2.82. The van der Waals surface area contributed by atoms with Crippen LogP contribution in [0.1, 0.15) is 22.0 Å². The lowest BCUT2D eigenvalue weighted by Gasteiger charge is -2.32. The predicted octanol–water partition coefficient (Wildman–Crippen LogP) is 1.35. The lowest BCUT2D eigenvalue weighted by atomic mass is 10.0. The number of carbonyl (C=O) groups excluding carboxylic acids is 1. The smallest absolute Gasteiger partial charge is 0.254 e. The van der Waals surface area contributed by atoms with E-state index < -0.39 is 11.7 Å². The molecule has 1 fully saturated rings. The third-order valence-corrected chi connectivity index (χ3v) is 4.49. The summed E-state index contributed by atoms with van der Waals surface area (Å²) in [4.78, 5) is 13.5. The van der Waals surface area contributed by atoms with E-state index in [1.165, 1.54) is 29.2 Å². The Balaban J connectivity index is 1.74. The summed E-state index contributed by atoms with van der Waals surface area (Å²) in [5.74, 6) is -1.29. The minimum atomic E-state index is -0.544. The van der Waals surface area contributed by atoms with Gasteiger partial charge in [0.15, 0.2) is 0 Å². The van der Waals surface area contributed by atoms with Crippen LogP contribution in [0.25, 0.3) is 0 Å². The highest BCUT2D eigenvalue weighted by molar-refractivity contribution is 5.94. The van der Waals surface area contributed by atoms with E-state index in [2.05, 4.69) is 5.32 Å². The number of hydrogen-bond acceptors (Lipinski definition) is 2. The molecule has 0 spiro atoms. The van der Waals surface area contributed by atoms with Crippen molar-refractivity contribution in [1.29, 1.82) is 0 Å². The van der Waals surface area contributed by atoms with Gasteiger partial charge in [0.25, 0.3) is 5.91 Å². The molecule has 1 atom stereocenters. The van der Waals surface area contributed by atoms with Crippen LogP contribution in [0.4, 0.5) is 8.78 Å². The Morgan fingerprint density at radius 2 is 1.76 bits per heavy atom. The third-order valence-electron chi connectivity index (χ3n) is 4.49. The SMILES string of the molecule is O=C(NC[C@H](c1ccc(F)cc1)[NH+]1CCOCC1)c1ccccc1F. The number of morpholine rings is 1. The van der Waals surface area contributed by atoms with Gasteiger partial charge in [-0.25, -0.2) is 8.78 Å². The third kappa shape index (κ3) is 4.41. The first kappa shape index (κ1) is 17.5. The summed E-state index contributed by atoms with van der Waals surface area (Å²) in [7, 11) is 0. The molecule has 1 heterocycles. The van der Waals surface area contributed by atoms with Crippen molar-refractivity contribution in [1.82, 2.24) is 5.32 Å². The molecule has 0 bridgehead atoms. The number of halogens is 2. The molecule has 1 aliphatic rings. The first-order chi connectivity index (χ1) is 12.1. The number of hydrogen-bond donors (Lipinski definition) is 2. The van der Waals surface area contributed by atoms with Crippen LogP contribution in [-0.4, -0.2) is 38.8 Å². The zero-order valence-corrected chi connectivity index (χ0v) is 13.8. The number of rotatable bonds is 5. The Morgan fingerprint density at radius 3 is 2.44 bits per heavy atom. The molecular weight excluding hydrogens is 326 g/mol. The maximum atomic E-state index is 13.8. The van der Waals surface area contributed by atoms with Crippen LogP contribution in [0.3, 0.4) is 0 Å². The first-order valence-electron chi connectivity index (χ1n) is 8.35. The zero-order valence-electron chi connectivity index (χ0n) is 13.8. The van der Waals surface area contributed by atoms with Gasteiger partial charge in [-0.05, 0) is 24.3 Å². The van der Waals surface area contributed by atoms with Gasteiger partial charge in [-0.1, -0.05) is 24.3 Å². The molecule has 0 aliphatic carbocycles. The van der Waals surface area contributed by atoms with Gasteiger partial charge < -0.3 is 15.0 Å². The summed E-state index contributed by atoms with van der Waals surface area (Å²) in [5.41, 5.74) is 0.962. The largest absolute Gasteiger partial charge is 0.370 e. The van der Waals surface area contributed by atoms with E-state index >= 15 is 0 Å². The molecule has 4 nitrogen and oxygen atoms in total. The van der Waals surface area contributed by atoms with Gasteiger partial charge in [0.2, 0.25) is 0 Å².